The first kappa shape index (κ1) is 26.8. The molecule has 0 radical (unpaired) electrons. The summed E-state index contributed by atoms with van der Waals surface area (Å²) < 4.78 is 6.61. The maximum atomic E-state index is 13.3. The van der Waals surface area contributed by atoms with Gasteiger partial charge in [-0.15, -0.1) is 0 Å². The predicted molar refractivity (Wildman–Crippen MR) is 141 cm³/mol. The summed E-state index contributed by atoms with van der Waals surface area (Å²) in [7, 11) is 0. The minimum atomic E-state index is -0.685. The molecule has 2 aromatic carbocycles. The fourth-order valence-corrected chi connectivity index (χ4v) is 5.10. The molecule has 0 heterocycles. The van der Waals surface area contributed by atoms with Gasteiger partial charge in [0.2, 0.25) is 5.91 Å². The van der Waals surface area contributed by atoms with Crippen molar-refractivity contribution in [3.05, 3.63) is 62.0 Å². The lowest BCUT2D eigenvalue weighted by Gasteiger charge is -2.31. The molecule has 1 aliphatic rings. The largest absolute Gasteiger partial charge is 0.483 e. The summed E-state index contributed by atoms with van der Waals surface area (Å²) >= 11 is 15.9. The van der Waals surface area contributed by atoms with Crippen LogP contribution in [0.3, 0.4) is 0 Å². The third-order valence-electron chi connectivity index (χ3n) is 6.23. The van der Waals surface area contributed by atoms with E-state index in [1.54, 1.807) is 25.1 Å². The summed E-state index contributed by atoms with van der Waals surface area (Å²) in [5.41, 5.74) is 1.88. The van der Waals surface area contributed by atoms with Crippen molar-refractivity contribution in [1.29, 1.82) is 0 Å². The smallest absolute Gasteiger partial charge is 0.261 e. The number of hydrogen-bond acceptors (Lipinski definition) is 3. The minimum absolute atomic E-state index is 0.157. The van der Waals surface area contributed by atoms with Crippen LogP contribution < -0.4 is 10.1 Å². The van der Waals surface area contributed by atoms with Gasteiger partial charge in [-0.05, 0) is 77.5 Å². The van der Waals surface area contributed by atoms with Crippen molar-refractivity contribution >= 4 is 50.9 Å². The van der Waals surface area contributed by atoms with Gasteiger partial charge in [-0.3, -0.25) is 9.59 Å². The highest BCUT2D eigenvalue weighted by Crippen LogP contribution is 2.27. The Labute approximate surface area is 220 Å². The first-order chi connectivity index (χ1) is 16.3. The van der Waals surface area contributed by atoms with Crippen LogP contribution in [-0.2, 0) is 22.6 Å². The SMILES string of the molecule is CCc1ccc(OCC(=O)N(Cc2ccc(Cl)cc2Cl)C(C)C(=O)NC2CCCCC2)c(Br)c1. The Bertz CT molecular complexity index is 1010. The highest BCUT2D eigenvalue weighted by Gasteiger charge is 2.29. The number of nitrogens with one attached hydrogen (secondary N) is 1. The van der Waals surface area contributed by atoms with E-state index in [1.807, 2.05) is 18.2 Å². The molecule has 5 nitrogen and oxygen atoms in total. The van der Waals surface area contributed by atoms with Crippen molar-refractivity contribution in [2.75, 3.05) is 6.61 Å². The van der Waals surface area contributed by atoms with Gasteiger partial charge in [0, 0.05) is 22.6 Å². The number of carbonyl (C=O) groups is 2. The summed E-state index contributed by atoms with van der Waals surface area (Å²) in [6.45, 7) is 3.79. The second-order valence-corrected chi connectivity index (χ2v) is 10.4. The minimum Gasteiger partial charge on any atom is -0.483 e. The Kier molecular flexibility index (Phi) is 10.1. The molecular formula is C26H31BrCl2N2O3. The van der Waals surface area contributed by atoms with E-state index in [2.05, 4.69) is 28.2 Å². The van der Waals surface area contributed by atoms with E-state index in [-0.39, 0.29) is 31.0 Å². The maximum absolute atomic E-state index is 13.3. The van der Waals surface area contributed by atoms with Crippen molar-refractivity contribution in [3.8, 4) is 5.75 Å². The molecule has 0 bridgehead atoms. The van der Waals surface area contributed by atoms with E-state index in [9.17, 15) is 9.59 Å². The zero-order valence-corrected chi connectivity index (χ0v) is 22.7. The Balaban J connectivity index is 1.75. The lowest BCUT2D eigenvalue weighted by atomic mass is 9.95. The maximum Gasteiger partial charge on any atom is 0.261 e. The van der Waals surface area contributed by atoms with Crippen LogP contribution in [0.15, 0.2) is 40.9 Å². The summed E-state index contributed by atoms with van der Waals surface area (Å²) in [6.07, 6.45) is 6.28. The number of nitrogens with zero attached hydrogens (tertiary/aromatic N) is 1. The first-order valence-corrected chi connectivity index (χ1v) is 13.3. The third-order valence-corrected chi connectivity index (χ3v) is 7.44. The lowest BCUT2D eigenvalue weighted by Crippen LogP contribution is -2.51. The Morgan fingerprint density at radius 1 is 1.15 bits per heavy atom. The molecule has 2 amide bonds. The van der Waals surface area contributed by atoms with Crippen LogP contribution in [-0.4, -0.2) is 35.4 Å². The van der Waals surface area contributed by atoms with Gasteiger partial charge in [0.1, 0.15) is 11.8 Å². The van der Waals surface area contributed by atoms with Crippen LogP contribution in [0.5, 0.6) is 5.75 Å². The molecule has 1 fully saturated rings. The standard InChI is InChI=1S/C26H31BrCl2N2O3/c1-3-18-9-12-24(22(27)13-18)34-16-25(32)31(15-19-10-11-20(28)14-23(19)29)17(2)26(33)30-21-7-5-4-6-8-21/h9-14,17,21H,3-8,15-16H2,1-2H3,(H,30,33). The Hall–Kier alpha value is -1.76. The van der Waals surface area contributed by atoms with Crippen LogP contribution >= 0.6 is 39.1 Å². The zero-order chi connectivity index (χ0) is 24.7. The van der Waals surface area contributed by atoms with Gasteiger partial charge >= 0.3 is 0 Å². The fourth-order valence-electron chi connectivity index (χ4n) is 4.09. The molecule has 0 aliphatic heterocycles. The predicted octanol–water partition coefficient (Wildman–Crippen LogP) is 6.56. The summed E-state index contributed by atoms with van der Waals surface area (Å²) in [5.74, 6) is 0.108. The number of carbonyl (C=O) groups excluding carboxylic acids is 2. The molecule has 1 aliphatic carbocycles. The highest BCUT2D eigenvalue weighted by atomic mass is 79.9. The van der Waals surface area contributed by atoms with Crippen molar-refractivity contribution in [2.45, 2.75) is 71.0 Å². The molecule has 1 unspecified atom stereocenters. The Morgan fingerprint density at radius 3 is 2.53 bits per heavy atom. The molecule has 2 aromatic rings. The average Bonchev–Trinajstić information content (AvgIpc) is 2.82. The third kappa shape index (κ3) is 7.37. The van der Waals surface area contributed by atoms with Crippen molar-refractivity contribution in [3.63, 3.8) is 0 Å². The van der Waals surface area contributed by atoms with E-state index in [1.165, 1.54) is 11.3 Å². The van der Waals surface area contributed by atoms with E-state index < -0.39 is 6.04 Å². The van der Waals surface area contributed by atoms with Crippen molar-refractivity contribution in [2.24, 2.45) is 0 Å². The molecular weight excluding hydrogens is 539 g/mol. The normalized spacial score (nSPS) is 15.0. The topological polar surface area (TPSA) is 58.6 Å². The highest BCUT2D eigenvalue weighted by molar-refractivity contribution is 9.10. The van der Waals surface area contributed by atoms with Crippen LogP contribution in [0.25, 0.3) is 0 Å². The number of benzene rings is 2. The average molecular weight is 570 g/mol. The van der Waals surface area contributed by atoms with Crippen LogP contribution in [0.2, 0.25) is 10.0 Å². The summed E-state index contributed by atoms with van der Waals surface area (Å²) in [5, 5.41) is 4.08. The number of rotatable bonds is 9. The van der Waals surface area contributed by atoms with Gasteiger partial charge in [0.05, 0.1) is 4.47 Å². The van der Waals surface area contributed by atoms with Crippen LogP contribution in [0.1, 0.15) is 57.1 Å². The van der Waals surface area contributed by atoms with E-state index in [0.29, 0.717) is 21.4 Å². The number of hydrogen-bond donors (Lipinski definition) is 1. The van der Waals surface area contributed by atoms with Gasteiger partial charge in [-0.2, -0.15) is 0 Å². The van der Waals surface area contributed by atoms with Gasteiger partial charge in [-0.1, -0.05) is 61.5 Å². The number of halogens is 3. The molecule has 0 aromatic heterocycles. The Morgan fingerprint density at radius 2 is 1.88 bits per heavy atom. The molecule has 1 atom stereocenters. The summed E-state index contributed by atoms with van der Waals surface area (Å²) in [6, 6.07) is 10.4. The van der Waals surface area contributed by atoms with Gasteiger partial charge in [0.25, 0.3) is 5.91 Å². The second-order valence-electron chi connectivity index (χ2n) is 8.68. The fraction of sp³-hybridized carbons (Fsp3) is 0.462. The number of ether oxygens (including phenoxy) is 1. The van der Waals surface area contributed by atoms with Gasteiger partial charge < -0.3 is 15.0 Å². The van der Waals surface area contributed by atoms with Crippen molar-refractivity contribution < 1.29 is 14.3 Å². The van der Waals surface area contributed by atoms with E-state index in [4.69, 9.17) is 27.9 Å². The molecule has 1 N–H and O–H groups in total. The lowest BCUT2D eigenvalue weighted by molar-refractivity contribution is -0.142. The number of aryl methyl sites for hydroxylation is 1. The van der Waals surface area contributed by atoms with Crippen LogP contribution in [0, 0.1) is 0 Å². The first-order valence-electron chi connectivity index (χ1n) is 11.7. The van der Waals surface area contributed by atoms with Gasteiger partial charge in [-0.25, -0.2) is 0 Å². The van der Waals surface area contributed by atoms with E-state index >= 15 is 0 Å². The molecule has 1 saturated carbocycles. The van der Waals surface area contributed by atoms with Crippen LogP contribution in [0.4, 0.5) is 0 Å². The van der Waals surface area contributed by atoms with Gasteiger partial charge in [0.15, 0.2) is 6.61 Å². The quantitative estimate of drug-likeness (QED) is 0.372. The molecule has 0 saturated heterocycles. The molecule has 0 spiro atoms. The van der Waals surface area contributed by atoms with Crippen molar-refractivity contribution in [1.82, 2.24) is 10.2 Å². The summed E-state index contributed by atoms with van der Waals surface area (Å²) in [4.78, 5) is 27.9. The second kappa shape index (κ2) is 12.8. The number of amides is 2. The molecule has 34 heavy (non-hydrogen) atoms. The molecule has 3 rings (SSSR count). The molecule has 184 valence electrons. The zero-order valence-electron chi connectivity index (χ0n) is 19.6. The molecule has 8 heteroatoms. The monoisotopic (exact) mass is 568 g/mol. The van der Waals surface area contributed by atoms with E-state index in [0.717, 1.165) is 42.1 Å².